The number of anilines is 1. The zero-order valence-electron chi connectivity index (χ0n) is 14.9. The lowest BCUT2D eigenvalue weighted by atomic mass is 10.0. The second-order valence-corrected chi connectivity index (χ2v) is 9.56. The molecule has 2 aliphatic heterocycles. The number of rotatable bonds is 4. The van der Waals surface area contributed by atoms with E-state index in [1.807, 2.05) is 29.6 Å². The predicted molar refractivity (Wildman–Crippen MR) is 104 cm³/mol. The fourth-order valence-corrected chi connectivity index (χ4v) is 6.44. The molecule has 1 unspecified atom stereocenters. The molecule has 1 saturated heterocycles. The molecule has 1 aromatic carbocycles. The molecule has 0 radical (unpaired) electrons. The molecule has 1 fully saturated rings. The molecule has 3 heterocycles. The van der Waals surface area contributed by atoms with E-state index in [0.717, 1.165) is 30.8 Å². The van der Waals surface area contributed by atoms with Gasteiger partial charge in [0.2, 0.25) is 0 Å². The maximum absolute atomic E-state index is 13.0. The number of para-hydroxylation sites is 1. The molecule has 7 heteroatoms. The Labute approximate surface area is 159 Å². The Morgan fingerprint density at radius 2 is 1.88 bits per heavy atom. The third kappa shape index (κ3) is 3.17. The average Bonchev–Trinajstić information content (AvgIpc) is 3.14. The number of likely N-dealkylation sites (tertiary alicyclic amines) is 1. The summed E-state index contributed by atoms with van der Waals surface area (Å²) in [5.74, 6) is 0. The maximum atomic E-state index is 13.0. The molecule has 0 aliphatic carbocycles. The molecule has 2 aromatic rings. The highest BCUT2D eigenvalue weighted by Gasteiger charge is 2.36. The Hall–Kier alpha value is -1.41. The van der Waals surface area contributed by atoms with Gasteiger partial charge in [-0.05, 0) is 37.4 Å². The van der Waals surface area contributed by atoms with Gasteiger partial charge in [0.05, 0.1) is 12.3 Å². The second-order valence-electron chi connectivity index (χ2n) is 6.88. The minimum absolute atomic E-state index is 0.350. The van der Waals surface area contributed by atoms with E-state index < -0.39 is 10.0 Å². The van der Waals surface area contributed by atoms with Crippen LogP contribution in [-0.2, 0) is 14.8 Å². The van der Waals surface area contributed by atoms with Crippen molar-refractivity contribution < 1.29 is 13.2 Å². The summed E-state index contributed by atoms with van der Waals surface area (Å²) in [5, 5.41) is 3.63. The van der Waals surface area contributed by atoms with Gasteiger partial charge in [-0.15, -0.1) is 0 Å². The monoisotopic (exact) mass is 392 g/mol. The first-order valence-corrected chi connectivity index (χ1v) is 11.5. The highest BCUT2D eigenvalue weighted by atomic mass is 32.2. The van der Waals surface area contributed by atoms with Crippen molar-refractivity contribution in [3.8, 4) is 0 Å². The van der Waals surface area contributed by atoms with Gasteiger partial charge in [-0.25, -0.2) is 8.42 Å². The van der Waals surface area contributed by atoms with E-state index in [2.05, 4.69) is 4.90 Å². The van der Waals surface area contributed by atoms with Crippen LogP contribution in [0, 0.1) is 0 Å². The van der Waals surface area contributed by atoms with Crippen molar-refractivity contribution in [2.24, 2.45) is 0 Å². The van der Waals surface area contributed by atoms with Crippen LogP contribution in [0.5, 0.6) is 0 Å². The number of benzene rings is 1. The fourth-order valence-electron chi connectivity index (χ4n) is 3.80. The summed E-state index contributed by atoms with van der Waals surface area (Å²) in [7, 11) is -1.94. The molecule has 0 bridgehead atoms. The molecule has 26 heavy (non-hydrogen) atoms. The topological polar surface area (TPSA) is 49.9 Å². The Balaban J connectivity index is 1.64. The van der Waals surface area contributed by atoms with Crippen LogP contribution in [0.2, 0.25) is 0 Å². The van der Waals surface area contributed by atoms with Gasteiger partial charge in [-0.2, -0.15) is 11.3 Å². The number of sulfonamides is 1. The van der Waals surface area contributed by atoms with Gasteiger partial charge >= 0.3 is 0 Å². The number of hydrogen-bond acceptors (Lipinski definition) is 5. The van der Waals surface area contributed by atoms with Crippen LogP contribution in [0.25, 0.3) is 0 Å². The Morgan fingerprint density at radius 1 is 1.12 bits per heavy atom. The smallest absolute Gasteiger partial charge is 0.265 e. The lowest BCUT2D eigenvalue weighted by molar-refractivity contribution is 0.0551. The van der Waals surface area contributed by atoms with Gasteiger partial charge in [-0.3, -0.25) is 4.31 Å². The molecule has 1 aromatic heterocycles. The van der Waals surface area contributed by atoms with Crippen LogP contribution in [0.15, 0.2) is 39.9 Å². The van der Waals surface area contributed by atoms with Crippen molar-refractivity contribution in [2.45, 2.75) is 30.3 Å². The number of thiophene rings is 1. The van der Waals surface area contributed by atoms with Crippen LogP contribution in [0.1, 0.15) is 36.5 Å². The van der Waals surface area contributed by atoms with E-state index in [-0.39, 0.29) is 6.10 Å². The fraction of sp³-hybridized carbons (Fsp3) is 0.474. The molecule has 0 saturated carbocycles. The lowest BCUT2D eigenvalue weighted by Gasteiger charge is -2.27. The van der Waals surface area contributed by atoms with Gasteiger partial charge in [0.1, 0.15) is 11.0 Å². The number of fused-ring (bicyclic) bond motifs is 2. The summed E-state index contributed by atoms with van der Waals surface area (Å²) in [5.41, 5.74) is 2.36. The largest absolute Gasteiger partial charge is 0.367 e. The number of nitrogens with zero attached hydrogens (tertiary/aromatic N) is 2. The van der Waals surface area contributed by atoms with E-state index in [9.17, 15) is 8.42 Å². The minimum atomic E-state index is -3.55. The Bertz CT molecular complexity index is 872. The van der Waals surface area contributed by atoms with Gasteiger partial charge in [0.15, 0.2) is 0 Å². The third-order valence-electron chi connectivity index (χ3n) is 5.27. The molecular weight excluding hydrogens is 368 g/mol. The molecule has 2 aliphatic rings. The average molecular weight is 393 g/mol. The minimum Gasteiger partial charge on any atom is -0.367 e. The summed E-state index contributed by atoms with van der Waals surface area (Å²) in [6.07, 6.45) is 3.47. The molecule has 0 spiro atoms. The molecule has 1 atom stereocenters. The first-order valence-electron chi connectivity index (χ1n) is 9.07. The number of ether oxygens (including phenoxy) is 1. The second kappa shape index (κ2) is 7.31. The first-order chi connectivity index (χ1) is 12.6. The lowest BCUT2D eigenvalue weighted by Crippen LogP contribution is -2.33. The standard InChI is InChI=1S/C19H24N2O3S2/c1-20-17-8-4-3-7-15(17)19(16-13-25-14-18(16)26(20,22)23)24-12-11-21-9-5-2-6-10-21/h3-4,7-8,13-14,19H,2,5-6,9-12H2,1H3. The molecule has 0 N–H and O–H groups in total. The zero-order valence-corrected chi connectivity index (χ0v) is 16.6. The third-order valence-corrected chi connectivity index (χ3v) is 8.01. The van der Waals surface area contributed by atoms with Crippen LogP contribution < -0.4 is 4.31 Å². The van der Waals surface area contributed by atoms with Gasteiger partial charge in [0, 0.05) is 30.1 Å². The molecule has 4 rings (SSSR count). The van der Waals surface area contributed by atoms with Crippen LogP contribution >= 0.6 is 11.3 Å². The molecule has 140 valence electrons. The quantitative estimate of drug-likeness (QED) is 0.799. The molecule has 0 amide bonds. The van der Waals surface area contributed by atoms with E-state index in [0.29, 0.717) is 17.2 Å². The molecule has 5 nitrogen and oxygen atoms in total. The summed E-state index contributed by atoms with van der Waals surface area (Å²) >= 11 is 1.41. The summed E-state index contributed by atoms with van der Waals surface area (Å²) in [4.78, 5) is 2.80. The number of hydrogen-bond donors (Lipinski definition) is 0. The maximum Gasteiger partial charge on any atom is 0.265 e. The highest BCUT2D eigenvalue weighted by molar-refractivity contribution is 7.93. The summed E-state index contributed by atoms with van der Waals surface area (Å²) in [6.45, 7) is 3.75. The van der Waals surface area contributed by atoms with E-state index in [1.54, 1.807) is 12.4 Å². The Kier molecular flexibility index (Phi) is 5.05. The summed E-state index contributed by atoms with van der Waals surface area (Å²) in [6, 6.07) is 7.63. The Morgan fingerprint density at radius 3 is 2.69 bits per heavy atom. The zero-order chi connectivity index (χ0) is 18.1. The predicted octanol–water partition coefficient (Wildman–Crippen LogP) is 3.48. The van der Waals surface area contributed by atoms with Crippen molar-refractivity contribution in [3.05, 3.63) is 46.2 Å². The van der Waals surface area contributed by atoms with Gasteiger partial charge in [0.25, 0.3) is 10.0 Å². The van der Waals surface area contributed by atoms with E-state index in [1.165, 1.54) is 34.9 Å². The van der Waals surface area contributed by atoms with E-state index in [4.69, 9.17) is 4.74 Å². The van der Waals surface area contributed by atoms with Crippen molar-refractivity contribution in [3.63, 3.8) is 0 Å². The first kappa shape index (κ1) is 18.0. The van der Waals surface area contributed by atoms with E-state index >= 15 is 0 Å². The van der Waals surface area contributed by atoms with Crippen molar-refractivity contribution in [1.29, 1.82) is 0 Å². The van der Waals surface area contributed by atoms with Crippen LogP contribution in [-0.4, -0.2) is 46.6 Å². The molecular formula is C19H24N2O3S2. The summed E-state index contributed by atoms with van der Waals surface area (Å²) < 4.78 is 33.6. The normalized spacial score (nSPS) is 22.5. The van der Waals surface area contributed by atoms with Crippen molar-refractivity contribution >= 4 is 27.0 Å². The SMILES string of the molecule is CN1c2ccccc2C(OCCN2CCCCC2)c2cscc2S1(=O)=O. The van der Waals surface area contributed by atoms with Crippen LogP contribution in [0.4, 0.5) is 5.69 Å². The van der Waals surface area contributed by atoms with Crippen LogP contribution in [0.3, 0.4) is 0 Å². The number of piperidine rings is 1. The van der Waals surface area contributed by atoms with Gasteiger partial charge in [-0.1, -0.05) is 24.6 Å². The highest BCUT2D eigenvalue weighted by Crippen LogP contribution is 2.43. The van der Waals surface area contributed by atoms with Crippen molar-refractivity contribution in [2.75, 3.05) is 37.6 Å². The van der Waals surface area contributed by atoms with Gasteiger partial charge < -0.3 is 9.64 Å². The van der Waals surface area contributed by atoms with Crippen molar-refractivity contribution in [1.82, 2.24) is 4.90 Å².